The molecule has 1 unspecified atom stereocenters. The van der Waals surface area contributed by atoms with Gasteiger partial charge >= 0.3 is 0 Å². The van der Waals surface area contributed by atoms with Gasteiger partial charge in [0.25, 0.3) is 0 Å². The summed E-state index contributed by atoms with van der Waals surface area (Å²) >= 11 is 4.16. The van der Waals surface area contributed by atoms with Crippen LogP contribution >= 0.6 is 22.5 Å². The van der Waals surface area contributed by atoms with Gasteiger partial charge < -0.3 is 4.74 Å². The molecule has 1 aliphatic rings. The van der Waals surface area contributed by atoms with Gasteiger partial charge in [-0.2, -0.15) is 0 Å². The molecule has 0 saturated heterocycles. The number of rotatable bonds is 2. The Kier molecular flexibility index (Phi) is 3.22. The van der Waals surface area contributed by atoms with Crippen LogP contribution in [0.5, 0.6) is 0 Å². The lowest BCUT2D eigenvalue weighted by Gasteiger charge is -2.05. The van der Waals surface area contributed by atoms with Gasteiger partial charge in [-0.3, -0.25) is 0 Å². The first-order valence-corrected chi connectivity index (χ1v) is 5.13. The normalized spacial score (nSPS) is 35.3. The molecule has 3 heteroatoms. The molecule has 0 aromatic heterocycles. The predicted molar refractivity (Wildman–Crippen MR) is 45.0 cm³/mol. The second kappa shape index (κ2) is 3.74. The van der Waals surface area contributed by atoms with Gasteiger partial charge in [0, 0.05) is 12.4 Å². The molecule has 1 nitrogen and oxygen atoms in total. The molecule has 0 aromatic rings. The fourth-order valence-electron chi connectivity index (χ4n) is 1.21. The van der Waals surface area contributed by atoms with Gasteiger partial charge in [-0.15, -0.1) is 11.7 Å². The number of ether oxygens (including phenoxy) is 1. The van der Waals surface area contributed by atoms with Crippen molar-refractivity contribution in [1.82, 2.24) is 0 Å². The monoisotopic (exact) mass is 164 g/mol. The number of hydrogen-bond donors (Lipinski definition) is 1. The number of methoxy groups -OCH3 is 1. The SMILES string of the molecule is COC1CC[C@H](SS)C1. The van der Waals surface area contributed by atoms with Crippen molar-refractivity contribution in [2.24, 2.45) is 0 Å². The molecule has 9 heavy (non-hydrogen) atoms. The van der Waals surface area contributed by atoms with E-state index in [0.717, 1.165) is 5.25 Å². The number of thiol groups is 1. The molecule has 0 aromatic carbocycles. The van der Waals surface area contributed by atoms with Crippen molar-refractivity contribution in [3.8, 4) is 0 Å². The fraction of sp³-hybridized carbons (Fsp3) is 1.00. The zero-order chi connectivity index (χ0) is 6.69. The van der Waals surface area contributed by atoms with Crippen molar-refractivity contribution in [2.45, 2.75) is 30.6 Å². The molecule has 0 bridgehead atoms. The Morgan fingerprint density at radius 2 is 2.33 bits per heavy atom. The van der Waals surface area contributed by atoms with Crippen molar-refractivity contribution < 1.29 is 4.74 Å². The minimum atomic E-state index is 0.509. The largest absolute Gasteiger partial charge is 0.381 e. The first-order chi connectivity index (χ1) is 4.36. The van der Waals surface area contributed by atoms with E-state index >= 15 is 0 Å². The molecule has 54 valence electrons. The second-order valence-electron chi connectivity index (χ2n) is 2.40. The Balaban J connectivity index is 2.20. The molecule has 0 spiro atoms. The summed E-state index contributed by atoms with van der Waals surface area (Å²) in [6, 6.07) is 0. The van der Waals surface area contributed by atoms with Gasteiger partial charge in [-0.1, -0.05) is 10.8 Å². The lowest BCUT2D eigenvalue weighted by Crippen LogP contribution is -2.04. The summed E-state index contributed by atoms with van der Waals surface area (Å²) in [5, 5.41) is 0.735. The zero-order valence-corrected chi connectivity index (χ0v) is 7.25. The zero-order valence-electron chi connectivity index (χ0n) is 5.54. The van der Waals surface area contributed by atoms with Crippen LogP contribution in [0, 0.1) is 0 Å². The maximum Gasteiger partial charge on any atom is 0.0582 e. The Bertz CT molecular complexity index is 77.1. The lowest BCUT2D eigenvalue weighted by atomic mass is 10.3. The highest BCUT2D eigenvalue weighted by Crippen LogP contribution is 2.32. The van der Waals surface area contributed by atoms with Gasteiger partial charge in [-0.05, 0) is 19.3 Å². The number of hydrogen-bond acceptors (Lipinski definition) is 3. The van der Waals surface area contributed by atoms with E-state index in [0.29, 0.717) is 6.10 Å². The first-order valence-electron chi connectivity index (χ1n) is 3.20. The fourth-order valence-corrected chi connectivity index (χ4v) is 2.33. The van der Waals surface area contributed by atoms with Crippen molar-refractivity contribution in [3.63, 3.8) is 0 Å². The Morgan fingerprint density at radius 3 is 2.67 bits per heavy atom. The van der Waals surface area contributed by atoms with Crippen LogP contribution < -0.4 is 0 Å². The molecule has 1 fully saturated rings. The third-order valence-electron chi connectivity index (χ3n) is 1.82. The smallest absolute Gasteiger partial charge is 0.0582 e. The average Bonchev–Trinajstić information content (AvgIpc) is 2.34. The van der Waals surface area contributed by atoms with E-state index in [1.807, 2.05) is 0 Å². The van der Waals surface area contributed by atoms with Gasteiger partial charge in [0.15, 0.2) is 0 Å². The maximum absolute atomic E-state index is 5.20. The summed E-state index contributed by atoms with van der Waals surface area (Å²) in [5.41, 5.74) is 0. The van der Waals surface area contributed by atoms with E-state index in [9.17, 15) is 0 Å². The summed E-state index contributed by atoms with van der Waals surface area (Å²) in [4.78, 5) is 0. The maximum atomic E-state index is 5.20. The van der Waals surface area contributed by atoms with Gasteiger partial charge in [0.2, 0.25) is 0 Å². The highest BCUT2D eigenvalue weighted by Gasteiger charge is 2.23. The molecular weight excluding hydrogens is 152 g/mol. The van der Waals surface area contributed by atoms with Crippen LogP contribution in [-0.2, 0) is 4.74 Å². The molecule has 0 heterocycles. The van der Waals surface area contributed by atoms with Crippen molar-refractivity contribution >= 4 is 22.5 Å². The van der Waals surface area contributed by atoms with Gasteiger partial charge in [-0.25, -0.2) is 0 Å². The van der Waals surface area contributed by atoms with Crippen LogP contribution in [0.4, 0.5) is 0 Å². The summed E-state index contributed by atoms with van der Waals surface area (Å²) in [6.07, 6.45) is 4.18. The van der Waals surface area contributed by atoms with Crippen molar-refractivity contribution in [2.75, 3.05) is 7.11 Å². The second-order valence-corrected chi connectivity index (χ2v) is 3.91. The highest BCUT2D eigenvalue weighted by molar-refractivity contribution is 8.68. The molecule has 1 aliphatic carbocycles. The Hall–Kier alpha value is 0.660. The minimum Gasteiger partial charge on any atom is -0.381 e. The van der Waals surface area contributed by atoms with E-state index in [1.54, 1.807) is 17.9 Å². The first kappa shape index (κ1) is 7.76. The minimum absolute atomic E-state index is 0.509. The lowest BCUT2D eigenvalue weighted by molar-refractivity contribution is 0.109. The van der Waals surface area contributed by atoms with Crippen LogP contribution in [0.25, 0.3) is 0 Å². The van der Waals surface area contributed by atoms with Crippen LogP contribution in [-0.4, -0.2) is 18.5 Å². The van der Waals surface area contributed by atoms with E-state index in [-0.39, 0.29) is 0 Å². The summed E-state index contributed by atoms with van der Waals surface area (Å²) < 4.78 is 5.20. The van der Waals surface area contributed by atoms with E-state index in [2.05, 4.69) is 11.7 Å². The molecule has 0 radical (unpaired) electrons. The Morgan fingerprint density at radius 1 is 1.56 bits per heavy atom. The molecule has 2 atom stereocenters. The van der Waals surface area contributed by atoms with Crippen LogP contribution in [0.3, 0.4) is 0 Å². The molecule has 1 saturated carbocycles. The molecule has 1 rings (SSSR count). The topological polar surface area (TPSA) is 9.23 Å². The average molecular weight is 164 g/mol. The van der Waals surface area contributed by atoms with Crippen LogP contribution in [0.2, 0.25) is 0 Å². The summed E-state index contributed by atoms with van der Waals surface area (Å²) in [7, 11) is 3.45. The summed E-state index contributed by atoms with van der Waals surface area (Å²) in [6.45, 7) is 0. The van der Waals surface area contributed by atoms with Crippen LogP contribution in [0.1, 0.15) is 19.3 Å². The van der Waals surface area contributed by atoms with E-state index in [4.69, 9.17) is 4.74 Å². The molecule has 0 aliphatic heterocycles. The van der Waals surface area contributed by atoms with E-state index < -0.39 is 0 Å². The van der Waals surface area contributed by atoms with Gasteiger partial charge in [0.05, 0.1) is 6.10 Å². The van der Waals surface area contributed by atoms with Crippen molar-refractivity contribution in [1.29, 1.82) is 0 Å². The standard InChI is InChI=1S/C6H12OS2/c1-7-5-2-3-6(4-5)9-8/h5-6,8H,2-4H2,1H3/t5?,6-/m0/s1. The summed E-state index contributed by atoms with van der Waals surface area (Å²) in [5.74, 6) is 0. The van der Waals surface area contributed by atoms with E-state index in [1.165, 1.54) is 19.3 Å². The van der Waals surface area contributed by atoms with Crippen molar-refractivity contribution in [3.05, 3.63) is 0 Å². The van der Waals surface area contributed by atoms with Crippen LogP contribution in [0.15, 0.2) is 0 Å². The third kappa shape index (κ3) is 2.06. The molecule has 0 N–H and O–H groups in total. The molecule has 0 amide bonds. The highest BCUT2D eigenvalue weighted by atomic mass is 33.1. The third-order valence-corrected chi connectivity index (χ3v) is 3.44. The Labute approximate surface area is 65.3 Å². The van der Waals surface area contributed by atoms with Gasteiger partial charge in [0.1, 0.15) is 0 Å². The predicted octanol–water partition coefficient (Wildman–Crippen LogP) is 2.13. The quantitative estimate of drug-likeness (QED) is 0.494. The molecular formula is C6H12OS2.